The number of hydrogen-bond donors (Lipinski definition) is 1. The van der Waals surface area contributed by atoms with Crippen molar-refractivity contribution in [1.29, 1.82) is 0 Å². The molecule has 0 heterocycles. The van der Waals surface area contributed by atoms with E-state index in [4.69, 9.17) is 4.74 Å². The first-order valence-electron chi connectivity index (χ1n) is 6.86. The van der Waals surface area contributed by atoms with Crippen LogP contribution in [0.15, 0.2) is 59.5 Å². The monoisotopic (exact) mass is 311 g/mol. The molecule has 1 N–H and O–H groups in total. The molecular weight excluding hydrogens is 294 g/mol. The summed E-state index contributed by atoms with van der Waals surface area (Å²) >= 11 is 1.65. The number of nitrogens with one attached hydrogen (secondary N) is 1. The molecule has 0 atom stereocenters. The minimum Gasteiger partial charge on any atom is -0.445 e. The van der Waals surface area contributed by atoms with Crippen LogP contribution in [0.2, 0.25) is 0 Å². The third kappa shape index (κ3) is 5.19. The van der Waals surface area contributed by atoms with Gasteiger partial charge in [-0.15, -0.1) is 11.8 Å². The molecule has 4 heteroatoms. The summed E-state index contributed by atoms with van der Waals surface area (Å²) in [5.74, 6) is 5.98. The van der Waals surface area contributed by atoms with E-state index >= 15 is 0 Å². The standard InChI is InChI=1S/C18H17NO2S/c1-22-17-12-6-5-10-16(17)11-7-13-19-18(20)21-14-15-8-3-2-4-9-15/h2-6,8-10,12H,13-14H2,1H3,(H,19,20). The van der Waals surface area contributed by atoms with E-state index in [-0.39, 0.29) is 13.2 Å². The van der Waals surface area contributed by atoms with Crippen LogP contribution in [0.1, 0.15) is 11.1 Å². The molecule has 3 nitrogen and oxygen atoms in total. The molecule has 0 saturated heterocycles. The van der Waals surface area contributed by atoms with Crippen LogP contribution in [0.4, 0.5) is 4.79 Å². The van der Waals surface area contributed by atoms with Crippen molar-refractivity contribution < 1.29 is 9.53 Å². The molecule has 0 fully saturated rings. The van der Waals surface area contributed by atoms with Crippen molar-refractivity contribution in [2.24, 2.45) is 0 Å². The SMILES string of the molecule is CSc1ccccc1C#CCNC(=O)OCc1ccccc1. The molecular formula is C18H17NO2S. The maximum Gasteiger partial charge on any atom is 0.408 e. The molecule has 0 aliphatic heterocycles. The smallest absolute Gasteiger partial charge is 0.408 e. The molecule has 2 rings (SSSR count). The van der Waals surface area contributed by atoms with Gasteiger partial charge in [0.15, 0.2) is 0 Å². The Morgan fingerprint density at radius 1 is 1.14 bits per heavy atom. The number of benzene rings is 2. The van der Waals surface area contributed by atoms with Crippen molar-refractivity contribution in [3.8, 4) is 11.8 Å². The quantitative estimate of drug-likeness (QED) is 0.691. The summed E-state index contributed by atoms with van der Waals surface area (Å²) in [4.78, 5) is 12.7. The van der Waals surface area contributed by atoms with Crippen molar-refractivity contribution in [2.45, 2.75) is 11.5 Å². The average molecular weight is 311 g/mol. The van der Waals surface area contributed by atoms with Gasteiger partial charge in [0.1, 0.15) is 6.61 Å². The van der Waals surface area contributed by atoms with Gasteiger partial charge in [0.2, 0.25) is 0 Å². The molecule has 22 heavy (non-hydrogen) atoms. The molecule has 0 aliphatic carbocycles. The van der Waals surface area contributed by atoms with E-state index in [0.717, 1.165) is 16.0 Å². The van der Waals surface area contributed by atoms with Gasteiger partial charge in [-0.3, -0.25) is 0 Å². The van der Waals surface area contributed by atoms with E-state index in [1.54, 1.807) is 11.8 Å². The van der Waals surface area contributed by atoms with Crippen molar-refractivity contribution in [3.63, 3.8) is 0 Å². The number of hydrogen-bond acceptors (Lipinski definition) is 3. The Morgan fingerprint density at radius 2 is 1.86 bits per heavy atom. The Kier molecular flexibility index (Phi) is 6.40. The van der Waals surface area contributed by atoms with Crippen LogP contribution in [-0.2, 0) is 11.3 Å². The lowest BCUT2D eigenvalue weighted by molar-refractivity contribution is 0.141. The van der Waals surface area contributed by atoms with Gasteiger partial charge in [0.05, 0.1) is 6.54 Å². The van der Waals surface area contributed by atoms with Crippen LogP contribution >= 0.6 is 11.8 Å². The zero-order valence-electron chi connectivity index (χ0n) is 12.3. The molecule has 0 radical (unpaired) electrons. The fourth-order valence-electron chi connectivity index (χ4n) is 1.78. The van der Waals surface area contributed by atoms with Gasteiger partial charge in [0.25, 0.3) is 0 Å². The molecule has 0 saturated carbocycles. The van der Waals surface area contributed by atoms with E-state index < -0.39 is 6.09 Å². The molecule has 112 valence electrons. The first-order valence-corrected chi connectivity index (χ1v) is 8.08. The molecule has 2 aromatic rings. The highest BCUT2D eigenvalue weighted by Gasteiger charge is 2.00. The fraction of sp³-hybridized carbons (Fsp3) is 0.167. The highest BCUT2D eigenvalue weighted by Crippen LogP contribution is 2.18. The van der Waals surface area contributed by atoms with Gasteiger partial charge < -0.3 is 10.1 Å². The van der Waals surface area contributed by atoms with Crippen LogP contribution in [0.3, 0.4) is 0 Å². The highest BCUT2D eigenvalue weighted by molar-refractivity contribution is 7.98. The number of thioether (sulfide) groups is 1. The number of carbonyl (C=O) groups excluding carboxylic acids is 1. The zero-order valence-corrected chi connectivity index (χ0v) is 13.2. The summed E-state index contributed by atoms with van der Waals surface area (Å²) in [7, 11) is 0. The van der Waals surface area contributed by atoms with Crippen molar-refractivity contribution in [3.05, 3.63) is 65.7 Å². The maximum absolute atomic E-state index is 11.5. The van der Waals surface area contributed by atoms with E-state index in [2.05, 4.69) is 17.2 Å². The molecule has 1 amide bonds. The Labute approximate surface area is 135 Å². The fourth-order valence-corrected chi connectivity index (χ4v) is 2.33. The number of alkyl carbamates (subject to hydrolysis) is 1. The number of rotatable bonds is 4. The Morgan fingerprint density at radius 3 is 2.64 bits per heavy atom. The first-order chi connectivity index (χ1) is 10.8. The van der Waals surface area contributed by atoms with Crippen LogP contribution < -0.4 is 5.32 Å². The molecule has 0 aliphatic rings. The lowest BCUT2D eigenvalue weighted by atomic mass is 10.2. The van der Waals surface area contributed by atoms with Gasteiger partial charge in [-0.2, -0.15) is 0 Å². The van der Waals surface area contributed by atoms with Gasteiger partial charge >= 0.3 is 6.09 Å². The predicted molar refractivity (Wildman–Crippen MR) is 89.7 cm³/mol. The van der Waals surface area contributed by atoms with Crippen LogP contribution in [0, 0.1) is 11.8 Å². The molecule has 2 aromatic carbocycles. The summed E-state index contributed by atoms with van der Waals surface area (Å²) in [5, 5.41) is 2.62. The summed E-state index contributed by atoms with van der Waals surface area (Å²) < 4.78 is 5.10. The van der Waals surface area contributed by atoms with Crippen molar-refractivity contribution in [2.75, 3.05) is 12.8 Å². The molecule has 0 aromatic heterocycles. The minimum absolute atomic E-state index is 0.259. The Balaban J connectivity index is 1.77. The van der Waals surface area contributed by atoms with E-state index in [1.165, 1.54) is 0 Å². The second-order valence-corrected chi connectivity index (χ2v) is 5.27. The largest absolute Gasteiger partial charge is 0.445 e. The van der Waals surface area contributed by atoms with Crippen LogP contribution in [0.25, 0.3) is 0 Å². The third-order valence-electron chi connectivity index (χ3n) is 2.86. The summed E-state index contributed by atoms with van der Waals surface area (Å²) in [6.07, 6.45) is 1.55. The maximum atomic E-state index is 11.5. The summed E-state index contributed by atoms with van der Waals surface area (Å²) in [6, 6.07) is 17.5. The summed E-state index contributed by atoms with van der Waals surface area (Å²) in [5.41, 5.74) is 1.92. The lowest BCUT2D eigenvalue weighted by Gasteiger charge is -2.04. The predicted octanol–water partition coefficient (Wildman–Crippen LogP) is 3.69. The number of amides is 1. The van der Waals surface area contributed by atoms with Gasteiger partial charge in [-0.05, 0) is 24.0 Å². The molecule has 0 unspecified atom stereocenters. The second kappa shape index (κ2) is 8.81. The topological polar surface area (TPSA) is 38.3 Å². The highest BCUT2D eigenvalue weighted by atomic mass is 32.2. The zero-order chi connectivity index (χ0) is 15.6. The molecule has 0 bridgehead atoms. The Hall–Kier alpha value is -2.38. The Bertz CT molecular complexity index is 674. The van der Waals surface area contributed by atoms with Crippen LogP contribution in [-0.4, -0.2) is 18.9 Å². The van der Waals surface area contributed by atoms with E-state index in [0.29, 0.717) is 0 Å². The van der Waals surface area contributed by atoms with Crippen molar-refractivity contribution >= 4 is 17.9 Å². The third-order valence-corrected chi connectivity index (χ3v) is 3.66. The number of ether oxygens (including phenoxy) is 1. The lowest BCUT2D eigenvalue weighted by Crippen LogP contribution is -2.24. The van der Waals surface area contributed by atoms with E-state index in [9.17, 15) is 4.79 Å². The van der Waals surface area contributed by atoms with Gasteiger partial charge in [-0.1, -0.05) is 54.3 Å². The molecule has 0 spiro atoms. The minimum atomic E-state index is -0.462. The number of carbonyl (C=O) groups is 1. The average Bonchev–Trinajstić information content (AvgIpc) is 2.58. The normalized spacial score (nSPS) is 9.50. The van der Waals surface area contributed by atoms with Crippen LogP contribution in [0.5, 0.6) is 0 Å². The summed E-state index contributed by atoms with van der Waals surface area (Å²) in [6.45, 7) is 0.520. The second-order valence-electron chi connectivity index (χ2n) is 4.42. The van der Waals surface area contributed by atoms with Gasteiger partial charge in [0, 0.05) is 10.5 Å². The first kappa shape index (κ1) is 16.0. The van der Waals surface area contributed by atoms with E-state index in [1.807, 2.05) is 60.9 Å². The van der Waals surface area contributed by atoms with Gasteiger partial charge in [-0.25, -0.2) is 4.79 Å². The van der Waals surface area contributed by atoms with Crippen molar-refractivity contribution in [1.82, 2.24) is 5.32 Å².